The molecule has 0 atom stereocenters. The minimum atomic E-state index is -0.948. The van der Waals surface area contributed by atoms with Crippen molar-refractivity contribution >= 4 is 11.6 Å². The van der Waals surface area contributed by atoms with Gasteiger partial charge in [0.25, 0.3) is 0 Å². The van der Waals surface area contributed by atoms with Gasteiger partial charge in [-0.1, -0.05) is 11.6 Å². The van der Waals surface area contributed by atoms with Crippen molar-refractivity contribution in [3.63, 3.8) is 0 Å². The standard InChI is InChI=1S/C13H4ClF3N/c14-10-5-8(15)1-2-9(10)13-11(16)3-7(6-18)4-12(13)17/h1,3-5H. The summed E-state index contributed by atoms with van der Waals surface area (Å²) in [6, 6.07) is 7.62. The number of benzene rings is 2. The van der Waals surface area contributed by atoms with Crippen molar-refractivity contribution in [2.24, 2.45) is 0 Å². The highest BCUT2D eigenvalue weighted by atomic mass is 35.5. The molecule has 5 heteroatoms. The van der Waals surface area contributed by atoms with E-state index in [1.165, 1.54) is 0 Å². The van der Waals surface area contributed by atoms with E-state index in [-0.39, 0.29) is 16.1 Å². The summed E-state index contributed by atoms with van der Waals surface area (Å²) >= 11 is 5.71. The van der Waals surface area contributed by atoms with Crippen LogP contribution < -0.4 is 0 Å². The predicted octanol–water partition coefficient (Wildman–Crippen LogP) is 4.10. The lowest BCUT2D eigenvalue weighted by Crippen LogP contribution is -1.93. The second-order valence-electron chi connectivity index (χ2n) is 3.47. The highest BCUT2D eigenvalue weighted by Crippen LogP contribution is 2.32. The largest absolute Gasteiger partial charge is 0.207 e. The van der Waals surface area contributed by atoms with E-state index in [2.05, 4.69) is 6.07 Å². The Bertz CT molecular complexity index is 639. The molecule has 0 aromatic heterocycles. The molecule has 89 valence electrons. The summed E-state index contributed by atoms with van der Waals surface area (Å²) in [6.45, 7) is 0. The molecule has 0 aliphatic carbocycles. The van der Waals surface area contributed by atoms with Gasteiger partial charge in [-0.25, -0.2) is 13.2 Å². The molecule has 0 N–H and O–H groups in total. The first-order valence-corrected chi connectivity index (χ1v) is 5.17. The average Bonchev–Trinajstić information content (AvgIpc) is 2.30. The monoisotopic (exact) mass is 266 g/mol. The van der Waals surface area contributed by atoms with E-state index in [9.17, 15) is 13.2 Å². The molecule has 0 saturated heterocycles. The van der Waals surface area contributed by atoms with Gasteiger partial charge in [-0.05, 0) is 30.3 Å². The molecule has 0 saturated carbocycles. The second kappa shape index (κ2) is 4.71. The fraction of sp³-hybridized carbons (Fsp3) is 0. The van der Waals surface area contributed by atoms with Crippen LogP contribution in [0.1, 0.15) is 5.56 Å². The quantitative estimate of drug-likeness (QED) is 0.762. The highest BCUT2D eigenvalue weighted by Gasteiger charge is 2.16. The van der Waals surface area contributed by atoms with Crippen LogP contribution in [0.4, 0.5) is 13.2 Å². The molecule has 0 amide bonds. The van der Waals surface area contributed by atoms with Crippen molar-refractivity contribution < 1.29 is 13.2 Å². The Balaban J connectivity index is 2.68. The van der Waals surface area contributed by atoms with Crippen molar-refractivity contribution in [1.29, 1.82) is 5.26 Å². The second-order valence-corrected chi connectivity index (χ2v) is 3.87. The Morgan fingerprint density at radius 1 is 1.11 bits per heavy atom. The van der Waals surface area contributed by atoms with Gasteiger partial charge in [0.2, 0.25) is 0 Å². The molecule has 0 unspecified atom stereocenters. The number of rotatable bonds is 1. The summed E-state index contributed by atoms with van der Waals surface area (Å²) in [4.78, 5) is 0. The average molecular weight is 267 g/mol. The fourth-order valence-electron chi connectivity index (χ4n) is 1.51. The van der Waals surface area contributed by atoms with E-state index in [0.717, 1.165) is 24.3 Å². The summed E-state index contributed by atoms with van der Waals surface area (Å²) in [5, 5.41) is 8.42. The maximum Gasteiger partial charge on any atom is 0.135 e. The van der Waals surface area contributed by atoms with Crippen molar-refractivity contribution in [3.8, 4) is 17.2 Å². The molecule has 0 heterocycles. The predicted molar refractivity (Wildman–Crippen MR) is 60.3 cm³/mol. The van der Waals surface area contributed by atoms with Gasteiger partial charge in [0.1, 0.15) is 17.5 Å². The molecule has 2 rings (SSSR count). The highest BCUT2D eigenvalue weighted by molar-refractivity contribution is 6.33. The Kier molecular flexibility index (Phi) is 3.26. The van der Waals surface area contributed by atoms with Gasteiger partial charge in [-0.3, -0.25) is 0 Å². The fourth-order valence-corrected chi connectivity index (χ4v) is 1.77. The molecule has 0 bridgehead atoms. The molecule has 0 fully saturated rings. The molecule has 1 nitrogen and oxygen atoms in total. The minimum Gasteiger partial charge on any atom is -0.207 e. The van der Waals surface area contributed by atoms with Crippen LogP contribution in [0.15, 0.2) is 24.3 Å². The van der Waals surface area contributed by atoms with Crippen LogP contribution >= 0.6 is 11.6 Å². The van der Waals surface area contributed by atoms with Crippen LogP contribution in [0.5, 0.6) is 0 Å². The van der Waals surface area contributed by atoms with E-state index in [1.807, 2.05) is 0 Å². The molecular weight excluding hydrogens is 263 g/mol. The SMILES string of the molecule is N#Cc1cc(F)c(-c2[c]cc(F)cc2Cl)c(F)c1. The van der Waals surface area contributed by atoms with E-state index < -0.39 is 23.0 Å². The van der Waals surface area contributed by atoms with Gasteiger partial charge < -0.3 is 0 Å². The summed E-state index contributed by atoms with van der Waals surface area (Å²) < 4.78 is 40.2. The minimum absolute atomic E-state index is 0.0856. The Morgan fingerprint density at radius 3 is 2.22 bits per heavy atom. The zero-order chi connectivity index (χ0) is 13.3. The van der Waals surface area contributed by atoms with E-state index in [0.29, 0.717) is 0 Å². The number of nitriles is 1. The van der Waals surface area contributed by atoms with Crippen LogP contribution in [0.3, 0.4) is 0 Å². The lowest BCUT2D eigenvalue weighted by Gasteiger charge is -2.07. The number of hydrogen-bond donors (Lipinski definition) is 0. The lowest BCUT2D eigenvalue weighted by atomic mass is 10.0. The van der Waals surface area contributed by atoms with Crippen molar-refractivity contribution in [2.75, 3.05) is 0 Å². The van der Waals surface area contributed by atoms with Crippen LogP contribution in [0.2, 0.25) is 5.02 Å². The van der Waals surface area contributed by atoms with E-state index >= 15 is 0 Å². The van der Waals surface area contributed by atoms with Crippen molar-refractivity contribution in [1.82, 2.24) is 0 Å². The van der Waals surface area contributed by atoms with Crippen LogP contribution in [-0.4, -0.2) is 0 Å². The van der Waals surface area contributed by atoms with Gasteiger partial charge >= 0.3 is 0 Å². The number of hydrogen-bond acceptors (Lipinski definition) is 1. The maximum atomic E-state index is 13.7. The summed E-state index contributed by atoms with van der Waals surface area (Å²) in [5.41, 5.74) is -0.663. The third-order valence-electron chi connectivity index (χ3n) is 2.28. The molecule has 0 aliphatic heterocycles. The summed E-state index contributed by atoms with van der Waals surface area (Å²) in [7, 11) is 0. The third-order valence-corrected chi connectivity index (χ3v) is 2.58. The Hall–Kier alpha value is -1.99. The van der Waals surface area contributed by atoms with Crippen LogP contribution in [0, 0.1) is 34.8 Å². The van der Waals surface area contributed by atoms with Crippen molar-refractivity contribution in [2.45, 2.75) is 0 Å². The zero-order valence-corrected chi connectivity index (χ0v) is 9.52. The molecular formula is C13H4ClF3N. The molecule has 0 spiro atoms. The summed E-state index contributed by atoms with van der Waals surface area (Å²) in [5.74, 6) is -2.55. The number of nitrogens with zero attached hydrogens (tertiary/aromatic N) is 1. The molecule has 0 aliphatic rings. The Morgan fingerprint density at radius 2 is 1.72 bits per heavy atom. The van der Waals surface area contributed by atoms with Crippen LogP contribution in [0.25, 0.3) is 11.1 Å². The molecule has 18 heavy (non-hydrogen) atoms. The lowest BCUT2D eigenvalue weighted by molar-refractivity contribution is 0.588. The smallest absolute Gasteiger partial charge is 0.135 e. The van der Waals surface area contributed by atoms with E-state index in [4.69, 9.17) is 16.9 Å². The van der Waals surface area contributed by atoms with Gasteiger partial charge in [0, 0.05) is 5.56 Å². The topological polar surface area (TPSA) is 23.8 Å². The molecule has 2 aromatic rings. The van der Waals surface area contributed by atoms with Gasteiger partial charge in [0.15, 0.2) is 0 Å². The molecule has 1 radical (unpaired) electrons. The maximum absolute atomic E-state index is 13.7. The van der Waals surface area contributed by atoms with Gasteiger partial charge in [-0.15, -0.1) is 0 Å². The van der Waals surface area contributed by atoms with Gasteiger partial charge in [0.05, 0.1) is 22.2 Å². The van der Waals surface area contributed by atoms with Crippen LogP contribution in [-0.2, 0) is 0 Å². The Labute approximate surface area is 106 Å². The van der Waals surface area contributed by atoms with Crippen molar-refractivity contribution in [3.05, 3.63) is 58.4 Å². The normalized spacial score (nSPS) is 10.2. The third kappa shape index (κ3) is 2.18. The molecule has 2 aromatic carbocycles. The van der Waals surface area contributed by atoms with Gasteiger partial charge in [-0.2, -0.15) is 5.26 Å². The summed E-state index contributed by atoms with van der Waals surface area (Å²) in [6.07, 6.45) is 0. The first-order valence-electron chi connectivity index (χ1n) is 4.79. The zero-order valence-electron chi connectivity index (χ0n) is 8.77. The first kappa shape index (κ1) is 12.5. The number of halogens is 4. The first-order chi connectivity index (χ1) is 8.52. The van der Waals surface area contributed by atoms with E-state index in [1.54, 1.807) is 6.07 Å².